The molecule has 30 heavy (non-hydrogen) atoms. The minimum atomic E-state index is -0.514. The SMILES string of the molecule is CC(C)(C)OC(=O)N1CCN(CCN2C(=O)SC(=Cc3ccc(Cl)cc3)C2=O)CC1. The lowest BCUT2D eigenvalue weighted by Gasteiger charge is -2.35. The van der Waals surface area contributed by atoms with Crippen LogP contribution in [-0.4, -0.2) is 76.8 Å². The molecule has 0 aromatic heterocycles. The van der Waals surface area contributed by atoms with E-state index < -0.39 is 5.60 Å². The van der Waals surface area contributed by atoms with Crippen LogP contribution in [-0.2, 0) is 9.53 Å². The fraction of sp³-hybridized carbons (Fsp3) is 0.476. The Bertz CT molecular complexity index is 843. The van der Waals surface area contributed by atoms with Gasteiger partial charge < -0.3 is 9.64 Å². The van der Waals surface area contributed by atoms with Gasteiger partial charge in [-0.25, -0.2) is 4.79 Å². The Morgan fingerprint density at radius 3 is 2.33 bits per heavy atom. The van der Waals surface area contributed by atoms with E-state index in [1.165, 1.54) is 4.90 Å². The largest absolute Gasteiger partial charge is 0.444 e. The number of amides is 3. The van der Waals surface area contributed by atoms with Crippen molar-refractivity contribution < 1.29 is 19.1 Å². The Hall–Kier alpha value is -2.03. The fourth-order valence-corrected chi connectivity index (χ4v) is 4.12. The maximum atomic E-state index is 12.6. The topological polar surface area (TPSA) is 70.2 Å². The third-order valence-electron chi connectivity index (χ3n) is 4.71. The summed E-state index contributed by atoms with van der Waals surface area (Å²) in [6.45, 7) is 8.92. The Morgan fingerprint density at radius 2 is 1.73 bits per heavy atom. The average molecular weight is 452 g/mol. The van der Waals surface area contributed by atoms with Crippen molar-refractivity contribution in [2.75, 3.05) is 39.3 Å². The molecule has 0 atom stereocenters. The van der Waals surface area contributed by atoms with Crippen LogP contribution in [0.4, 0.5) is 9.59 Å². The summed E-state index contributed by atoms with van der Waals surface area (Å²) >= 11 is 6.84. The molecule has 2 aliphatic heterocycles. The predicted octanol–water partition coefficient (Wildman–Crippen LogP) is 3.93. The maximum absolute atomic E-state index is 12.6. The number of nitrogens with zero attached hydrogens (tertiary/aromatic N) is 3. The molecule has 2 aliphatic rings. The molecular formula is C21H26ClN3O4S. The van der Waals surface area contributed by atoms with Crippen LogP contribution in [0.1, 0.15) is 26.3 Å². The number of carbonyl (C=O) groups excluding carboxylic acids is 3. The predicted molar refractivity (Wildman–Crippen MR) is 118 cm³/mol. The smallest absolute Gasteiger partial charge is 0.410 e. The maximum Gasteiger partial charge on any atom is 0.410 e. The molecule has 2 fully saturated rings. The first-order valence-electron chi connectivity index (χ1n) is 9.83. The molecule has 2 heterocycles. The summed E-state index contributed by atoms with van der Waals surface area (Å²) in [4.78, 5) is 42.6. The minimum absolute atomic E-state index is 0.257. The number of thioether (sulfide) groups is 1. The molecular weight excluding hydrogens is 426 g/mol. The quantitative estimate of drug-likeness (QED) is 0.646. The first-order chi connectivity index (χ1) is 14.1. The highest BCUT2D eigenvalue weighted by Gasteiger charge is 2.35. The van der Waals surface area contributed by atoms with Crippen LogP contribution < -0.4 is 0 Å². The molecule has 162 valence electrons. The van der Waals surface area contributed by atoms with Gasteiger partial charge in [-0.2, -0.15) is 0 Å². The van der Waals surface area contributed by atoms with E-state index >= 15 is 0 Å². The lowest BCUT2D eigenvalue weighted by atomic mass is 10.2. The average Bonchev–Trinajstić information content (AvgIpc) is 2.94. The lowest BCUT2D eigenvalue weighted by Crippen LogP contribution is -2.51. The molecule has 0 aliphatic carbocycles. The number of benzene rings is 1. The van der Waals surface area contributed by atoms with Crippen molar-refractivity contribution in [3.05, 3.63) is 39.8 Å². The number of hydrogen-bond acceptors (Lipinski definition) is 6. The van der Waals surface area contributed by atoms with E-state index in [1.54, 1.807) is 35.2 Å². The second-order valence-corrected chi connectivity index (χ2v) is 9.62. The third kappa shape index (κ3) is 6.00. The van der Waals surface area contributed by atoms with Crippen LogP contribution in [0.25, 0.3) is 6.08 Å². The normalized spacial score (nSPS) is 19.7. The summed E-state index contributed by atoms with van der Waals surface area (Å²) in [6, 6.07) is 7.10. The zero-order valence-corrected chi connectivity index (χ0v) is 19.0. The highest BCUT2D eigenvalue weighted by atomic mass is 35.5. The van der Waals surface area contributed by atoms with Crippen LogP contribution in [0, 0.1) is 0 Å². The van der Waals surface area contributed by atoms with Gasteiger partial charge >= 0.3 is 6.09 Å². The van der Waals surface area contributed by atoms with Crippen molar-refractivity contribution in [2.45, 2.75) is 26.4 Å². The van der Waals surface area contributed by atoms with Crippen LogP contribution in [0.3, 0.4) is 0 Å². The summed E-state index contributed by atoms with van der Waals surface area (Å²) in [6.07, 6.45) is 1.40. The van der Waals surface area contributed by atoms with Gasteiger partial charge in [0.1, 0.15) is 5.60 Å². The monoisotopic (exact) mass is 451 g/mol. The second-order valence-electron chi connectivity index (χ2n) is 8.19. The summed E-state index contributed by atoms with van der Waals surface area (Å²) in [5.74, 6) is -0.271. The Labute approximate surface area is 186 Å². The van der Waals surface area contributed by atoms with Crippen molar-refractivity contribution in [1.29, 1.82) is 0 Å². The molecule has 0 N–H and O–H groups in total. The van der Waals surface area contributed by atoms with Crippen LogP contribution in [0.5, 0.6) is 0 Å². The van der Waals surface area contributed by atoms with Crippen LogP contribution >= 0.6 is 23.4 Å². The van der Waals surface area contributed by atoms with Crippen molar-refractivity contribution in [1.82, 2.24) is 14.7 Å². The summed E-state index contributed by atoms with van der Waals surface area (Å²) in [7, 11) is 0. The fourth-order valence-electron chi connectivity index (χ4n) is 3.13. The van der Waals surface area contributed by atoms with Crippen molar-refractivity contribution in [3.63, 3.8) is 0 Å². The summed E-state index contributed by atoms with van der Waals surface area (Å²) < 4.78 is 5.40. The number of imide groups is 1. The zero-order chi connectivity index (χ0) is 21.9. The van der Waals surface area contributed by atoms with Crippen molar-refractivity contribution in [2.24, 2.45) is 0 Å². The van der Waals surface area contributed by atoms with Gasteiger partial charge in [-0.3, -0.25) is 19.4 Å². The van der Waals surface area contributed by atoms with E-state index in [0.717, 1.165) is 17.3 Å². The molecule has 0 bridgehead atoms. The highest BCUT2D eigenvalue weighted by Crippen LogP contribution is 2.32. The lowest BCUT2D eigenvalue weighted by molar-refractivity contribution is -0.122. The van der Waals surface area contributed by atoms with Gasteiger partial charge in [-0.1, -0.05) is 23.7 Å². The number of piperazine rings is 1. The third-order valence-corrected chi connectivity index (χ3v) is 5.86. The first-order valence-corrected chi connectivity index (χ1v) is 11.0. The molecule has 0 unspecified atom stereocenters. The minimum Gasteiger partial charge on any atom is -0.444 e. The van der Waals surface area contributed by atoms with Crippen LogP contribution in [0.15, 0.2) is 29.2 Å². The van der Waals surface area contributed by atoms with E-state index in [4.69, 9.17) is 16.3 Å². The van der Waals surface area contributed by atoms with Crippen molar-refractivity contribution in [3.8, 4) is 0 Å². The molecule has 3 rings (SSSR count). The number of rotatable bonds is 4. The molecule has 1 aromatic rings. The molecule has 0 saturated carbocycles. The molecule has 1 aromatic carbocycles. The van der Waals surface area contributed by atoms with Gasteiger partial charge in [0, 0.05) is 44.3 Å². The summed E-state index contributed by atoms with van der Waals surface area (Å²) in [5.41, 5.74) is 0.308. The Balaban J connectivity index is 1.49. The molecule has 0 radical (unpaired) electrons. The van der Waals surface area contributed by atoms with Gasteiger partial charge in [0.25, 0.3) is 11.1 Å². The standard InChI is InChI=1S/C21H26ClN3O4S/c1-21(2,3)29-19(27)24-11-8-23(9-12-24)10-13-25-18(26)17(30-20(25)28)14-15-4-6-16(22)7-5-15/h4-7,14H,8-13H2,1-3H3. The van der Waals surface area contributed by atoms with Gasteiger partial charge in [0.15, 0.2) is 0 Å². The van der Waals surface area contributed by atoms with Gasteiger partial charge in [-0.05, 0) is 56.3 Å². The van der Waals surface area contributed by atoms with Gasteiger partial charge in [0.05, 0.1) is 4.91 Å². The second kappa shape index (κ2) is 9.41. The van der Waals surface area contributed by atoms with E-state index in [2.05, 4.69) is 4.90 Å². The van der Waals surface area contributed by atoms with Gasteiger partial charge in [0.2, 0.25) is 0 Å². The first kappa shape index (κ1) is 22.7. The molecule has 0 spiro atoms. The molecule has 3 amide bonds. The molecule has 7 nitrogen and oxygen atoms in total. The number of halogens is 1. The molecule has 9 heteroatoms. The van der Waals surface area contributed by atoms with E-state index in [-0.39, 0.29) is 17.2 Å². The summed E-state index contributed by atoms with van der Waals surface area (Å²) in [5, 5.41) is 0.361. The molecule has 2 saturated heterocycles. The van der Waals surface area contributed by atoms with E-state index in [0.29, 0.717) is 49.2 Å². The number of carbonyl (C=O) groups is 3. The zero-order valence-electron chi connectivity index (χ0n) is 17.4. The Morgan fingerprint density at radius 1 is 1.10 bits per heavy atom. The Kier molecular flexibility index (Phi) is 7.10. The van der Waals surface area contributed by atoms with Crippen LogP contribution in [0.2, 0.25) is 5.02 Å². The van der Waals surface area contributed by atoms with E-state index in [9.17, 15) is 14.4 Å². The number of hydrogen-bond donors (Lipinski definition) is 0. The van der Waals surface area contributed by atoms with Crippen molar-refractivity contribution >= 4 is 46.7 Å². The van der Waals surface area contributed by atoms with E-state index in [1.807, 2.05) is 20.8 Å². The highest BCUT2D eigenvalue weighted by molar-refractivity contribution is 8.18. The van der Waals surface area contributed by atoms with Gasteiger partial charge in [-0.15, -0.1) is 0 Å². The number of ether oxygens (including phenoxy) is 1.